The van der Waals surface area contributed by atoms with Crippen molar-refractivity contribution in [1.29, 1.82) is 0 Å². The predicted octanol–water partition coefficient (Wildman–Crippen LogP) is 3.23. The van der Waals surface area contributed by atoms with Crippen molar-refractivity contribution in [3.05, 3.63) is 17.4 Å². The maximum Gasteiger partial charge on any atom is 0.389 e. The molecule has 0 heterocycles. The third kappa shape index (κ3) is 5.85. The molecule has 0 fully saturated rings. The topological polar surface area (TPSA) is 48.8 Å². The first-order chi connectivity index (χ1) is 5.49. The van der Waals surface area contributed by atoms with Gasteiger partial charge >= 0.3 is 6.18 Å². The summed E-state index contributed by atoms with van der Waals surface area (Å²) in [7, 11) is 0. The molecule has 3 nitrogen and oxygen atoms in total. The van der Waals surface area contributed by atoms with E-state index in [2.05, 4.69) is 16.9 Å². The van der Waals surface area contributed by atoms with E-state index in [4.69, 9.17) is 5.53 Å². The minimum absolute atomic E-state index is 0.170. The predicted molar refractivity (Wildman–Crippen MR) is 38.2 cm³/mol. The van der Waals surface area contributed by atoms with Gasteiger partial charge in [-0.3, -0.25) is 0 Å². The first kappa shape index (κ1) is 11.1. The number of alkyl halides is 3. The Morgan fingerprint density at radius 1 is 1.50 bits per heavy atom. The molecule has 0 aliphatic carbocycles. The normalized spacial score (nSPS) is 13.7. The smallest absolute Gasteiger partial charge is 0.171 e. The van der Waals surface area contributed by atoms with Crippen molar-refractivity contribution in [1.82, 2.24) is 0 Å². The van der Waals surface area contributed by atoms with Crippen LogP contribution < -0.4 is 0 Å². The Kier molecular flexibility index (Phi) is 4.51. The van der Waals surface area contributed by atoms with Crippen molar-refractivity contribution in [2.24, 2.45) is 5.11 Å². The second-order valence-corrected chi connectivity index (χ2v) is 2.32. The molecular weight excluding hydrogens is 171 g/mol. The third-order valence-corrected chi connectivity index (χ3v) is 1.22. The van der Waals surface area contributed by atoms with Gasteiger partial charge in [-0.2, -0.15) is 13.2 Å². The highest BCUT2D eigenvalue weighted by Crippen LogP contribution is 2.24. The second kappa shape index (κ2) is 4.87. The first-order valence-corrected chi connectivity index (χ1v) is 3.40. The molecule has 0 aliphatic rings. The number of halogens is 3. The molecule has 0 saturated heterocycles. The molecule has 0 rings (SSSR count). The summed E-state index contributed by atoms with van der Waals surface area (Å²) in [6, 6.07) is -1.01. The molecule has 0 N–H and O–H groups in total. The van der Waals surface area contributed by atoms with Crippen LogP contribution in [0, 0.1) is 6.92 Å². The SMILES string of the molecule is [CH2]CCC(CC(F)(F)F)N=[N+]=[N-]. The van der Waals surface area contributed by atoms with Crippen LogP contribution in [0.3, 0.4) is 0 Å². The molecule has 0 aromatic heterocycles. The van der Waals surface area contributed by atoms with E-state index in [0.717, 1.165) is 0 Å². The molecule has 1 radical (unpaired) electrons. The number of rotatable bonds is 4. The summed E-state index contributed by atoms with van der Waals surface area (Å²) in [5, 5.41) is 3.02. The average Bonchev–Trinajstić information content (AvgIpc) is 1.84. The lowest BCUT2D eigenvalue weighted by atomic mass is 10.1. The third-order valence-electron chi connectivity index (χ3n) is 1.22. The quantitative estimate of drug-likeness (QED) is 0.362. The van der Waals surface area contributed by atoms with Crippen molar-refractivity contribution >= 4 is 0 Å². The minimum atomic E-state index is -4.27. The van der Waals surface area contributed by atoms with Crippen molar-refractivity contribution < 1.29 is 13.2 Å². The van der Waals surface area contributed by atoms with Crippen LogP contribution in [-0.2, 0) is 0 Å². The molecule has 6 heteroatoms. The monoisotopic (exact) mass is 180 g/mol. The summed E-state index contributed by atoms with van der Waals surface area (Å²) in [5.74, 6) is 0. The van der Waals surface area contributed by atoms with E-state index in [1.165, 1.54) is 0 Å². The fourth-order valence-corrected chi connectivity index (χ4v) is 0.776. The minimum Gasteiger partial charge on any atom is -0.171 e. The molecule has 12 heavy (non-hydrogen) atoms. The molecule has 69 valence electrons. The molecule has 0 amide bonds. The van der Waals surface area contributed by atoms with Crippen molar-refractivity contribution in [2.45, 2.75) is 31.5 Å². The van der Waals surface area contributed by atoms with E-state index in [0.29, 0.717) is 6.42 Å². The summed E-state index contributed by atoms with van der Waals surface area (Å²) >= 11 is 0. The van der Waals surface area contributed by atoms with Gasteiger partial charge in [0.1, 0.15) is 0 Å². The van der Waals surface area contributed by atoms with E-state index in [-0.39, 0.29) is 6.42 Å². The summed E-state index contributed by atoms with van der Waals surface area (Å²) in [6.07, 6.45) is -4.83. The lowest BCUT2D eigenvalue weighted by Crippen LogP contribution is -2.17. The molecule has 1 unspecified atom stereocenters. The van der Waals surface area contributed by atoms with Crippen LogP contribution in [0.15, 0.2) is 5.11 Å². The van der Waals surface area contributed by atoms with Gasteiger partial charge in [0.25, 0.3) is 0 Å². The molecule has 0 aromatic carbocycles. The van der Waals surface area contributed by atoms with Gasteiger partial charge in [0.05, 0.1) is 6.42 Å². The van der Waals surface area contributed by atoms with Crippen LogP contribution in [0.4, 0.5) is 13.2 Å². The Hall–Kier alpha value is -0.900. The van der Waals surface area contributed by atoms with Gasteiger partial charge in [-0.15, -0.1) is 0 Å². The Morgan fingerprint density at radius 2 is 2.08 bits per heavy atom. The summed E-state index contributed by atoms with van der Waals surface area (Å²) in [5.41, 5.74) is 7.93. The van der Waals surface area contributed by atoms with Crippen LogP contribution in [-0.4, -0.2) is 12.2 Å². The van der Waals surface area contributed by atoms with Crippen molar-refractivity contribution in [2.75, 3.05) is 0 Å². The van der Waals surface area contributed by atoms with E-state index >= 15 is 0 Å². The van der Waals surface area contributed by atoms with Gasteiger partial charge in [0.15, 0.2) is 0 Å². The van der Waals surface area contributed by atoms with Gasteiger partial charge < -0.3 is 0 Å². The van der Waals surface area contributed by atoms with Gasteiger partial charge in [-0.05, 0) is 12.0 Å². The molecule has 0 saturated carbocycles. The highest BCUT2D eigenvalue weighted by atomic mass is 19.4. The number of nitrogens with zero attached hydrogens (tertiary/aromatic N) is 3. The van der Waals surface area contributed by atoms with Crippen LogP contribution in [0.5, 0.6) is 0 Å². The Balaban J connectivity index is 4.03. The summed E-state index contributed by atoms with van der Waals surface area (Å²) in [4.78, 5) is 2.34. The number of hydrogen-bond acceptors (Lipinski definition) is 1. The summed E-state index contributed by atoms with van der Waals surface area (Å²) < 4.78 is 35.2. The lowest BCUT2D eigenvalue weighted by molar-refractivity contribution is -0.138. The van der Waals surface area contributed by atoms with E-state index in [1.807, 2.05) is 0 Å². The average molecular weight is 180 g/mol. The maximum atomic E-state index is 11.7. The number of azide groups is 1. The van der Waals surface area contributed by atoms with Crippen molar-refractivity contribution in [3.63, 3.8) is 0 Å². The van der Waals surface area contributed by atoms with Crippen LogP contribution in [0.1, 0.15) is 19.3 Å². The molecule has 0 bridgehead atoms. The van der Waals surface area contributed by atoms with Gasteiger partial charge in [-0.1, -0.05) is 18.5 Å². The fraction of sp³-hybridized carbons (Fsp3) is 0.833. The Morgan fingerprint density at radius 3 is 2.42 bits per heavy atom. The zero-order chi connectivity index (χ0) is 9.61. The van der Waals surface area contributed by atoms with Crippen LogP contribution in [0.25, 0.3) is 10.4 Å². The lowest BCUT2D eigenvalue weighted by Gasteiger charge is -2.11. The van der Waals surface area contributed by atoms with Gasteiger partial charge in [0, 0.05) is 11.0 Å². The largest absolute Gasteiger partial charge is 0.389 e. The van der Waals surface area contributed by atoms with Gasteiger partial charge in [0.2, 0.25) is 0 Å². The Labute approximate surface area is 68.2 Å². The maximum absolute atomic E-state index is 11.7. The zero-order valence-corrected chi connectivity index (χ0v) is 6.38. The van der Waals surface area contributed by atoms with Crippen LogP contribution >= 0.6 is 0 Å². The second-order valence-electron chi connectivity index (χ2n) is 2.32. The first-order valence-electron chi connectivity index (χ1n) is 3.40. The molecule has 0 spiro atoms. The zero-order valence-electron chi connectivity index (χ0n) is 6.38. The highest BCUT2D eigenvalue weighted by Gasteiger charge is 2.30. The van der Waals surface area contributed by atoms with Gasteiger partial charge in [-0.25, -0.2) is 0 Å². The molecule has 0 aliphatic heterocycles. The van der Waals surface area contributed by atoms with E-state index < -0.39 is 18.6 Å². The Bertz CT molecular complexity index is 171. The fourth-order valence-electron chi connectivity index (χ4n) is 0.776. The number of hydrogen-bond donors (Lipinski definition) is 0. The molecular formula is C6H9F3N3. The van der Waals surface area contributed by atoms with E-state index in [1.54, 1.807) is 0 Å². The van der Waals surface area contributed by atoms with Crippen molar-refractivity contribution in [3.8, 4) is 0 Å². The highest BCUT2D eigenvalue weighted by molar-refractivity contribution is 4.71. The molecule has 1 atom stereocenters. The summed E-state index contributed by atoms with van der Waals surface area (Å²) in [6.45, 7) is 3.39. The standard InChI is InChI=1S/C6H9F3N3/c1-2-3-5(11-12-10)4-6(7,8)9/h5H,1-4H2. The molecule has 0 aromatic rings. The van der Waals surface area contributed by atoms with E-state index in [9.17, 15) is 13.2 Å². The van der Waals surface area contributed by atoms with Crippen LogP contribution in [0.2, 0.25) is 0 Å².